The Morgan fingerprint density at radius 3 is 2.74 bits per heavy atom. The van der Waals surface area contributed by atoms with E-state index in [4.69, 9.17) is 0 Å². The molecule has 1 aromatic heterocycles. The van der Waals surface area contributed by atoms with Crippen LogP contribution in [0.5, 0.6) is 0 Å². The Labute approximate surface area is 129 Å². The summed E-state index contributed by atoms with van der Waals surface area (Å²) in [5, 5.41) is 0. The number of nitrogens with zero attached hydrogens (tertiary/aromatic N) is 2. The molecule has 0 unspecified atom stereocenters. The molecule has 3 rings (SSSR count). The van der Waals surface area contributed by atoms with E-state index in [2.05, 4.69) is 34.1 Å². The fourth-order valence-electron chi connectivity index (χ4n) is 2.36. The minimum absolute atomic E-state index is 0. The Kier molecular flexibility index (Phi) is 5.95. The quantitative estimate of drug-likeness (QED) is 0.783. The first-order valence-electron chi connectivity index (χ1n) is 6.62. The lowest BCUT2D eigenvalue weighted by atomic mass is 10.1. The van der Waals surface area contributed by atoms with Gasteiger partial charge in [0.15, 0.2) is 4.34 Å². The van der Waals surface area contributed by atoms with E-state index in [1.54, 1.807) is 0 Å². The first kappa shape index (κ1) is 15.1. The summed E-state index contributed by atoms with van der Waals surface area (Å²) in [5.74, 6) is 1.17. The number of hydrogen-bond donors (Lipinski definition) is 0. The summed E-state index contributed by atoms with van der Waals surface area (Å²) in [5.41, 5.74) is 1.14. The van der Waals surface area contributed by atoms with E-state index in [-0.39, 0.29) is 12.4 Å². The SMILES string of the molecule is Cl.c1ccc2sc(SCCN3CCCCC3)nc2c1. The lowest BCUT2D eigenvalue weighted by molar-refractivity contribution is 0.242. The molecule has 1 aliphatic heterocycles. The second-order valence-electron chi connectivity index (χ2n) is 4.70. The van der Waals surface area contributed by atoms with Crippen molar-refractivity contribution in [2.75, 3.05) is 25.4 Å². The summed E-state index contributed by atoms with van der Waals surface area (Å²) in [6, 6.07) is 8.40. The van der Waals surface area contributed by atoms with Crippen LogP contribution >= 0.6 is 35.5 Å². The Morgan fingerprint density at radius 2 is 1.95 bits per heavy atom. The maximum atomic E-state index is 4.66. The highest BCUT2D eigenvalue weighted by Gasteiger charge is 2.10. The molecule has 1 aliphatic rings. The van der Waals surface area contributed by atoms with E-state index in [0.29, 0.717) is 0 Å². The van der Waals surface area contributed by atoms with Crippen LogP contribution in [0.1, 0.15) is 19.3 Å². The van der Waals surface area contributed by atoms with Crippen LogP contribution in [-0.2, 0) is 0 Å². The van der Waals surface area contributed by atoms with E-state index in [0.717, 1.165) is 5.52 Å². The van der Waals surface area contributed by atoms with E-state index in [9.17, 15) is 0 Å². The molecule has 1 fully saturated rings. The third-order valence-corrected chi connectivity index (χ3v) is 5.52. The number of piperidine rings is 1. The third kappa shape index (κ3) is 4.09. The number of fused-ring (bicyclic) bond motifs is 1. The van der Waals surface area contributed by atoms with Gasteiger partial charge in [-0.15, -0.1) is 23.7 Å². The minimum Gasteiger partial charge on any atom is -0.303 e. The summed E-state index contributed by atoms with van der Waals surface area (Å²) in [6.45, 7) is 3.79. The van der Waals surface area contributed by atoms with Crippen LogP contribution in [0.2, 0.25) is 0 Å². The average molecular weight is 315 g/mol. The van der Waals surface area contributed by atoms with Crippen molar-refractivity contribution in [2.24, 2.45) is 0 Å². The molecule has 19 heavy (non-hydrogen) atoms. The summed E-state index contributed by atoms with van der Waals surface area (Å²) in [7, 11) is 0. The zero-order valence-electron chi connectivity index (χ0n) is 10.9. The second kappa shape index (κ2) is 7.48. The normalized spacial score (nSPS) is 16.4. The molecule has 2 nitrogen and oxygen atoms in total. The molecule has 104 valence electrons. The molecule has 0 amide bonds. The van der Waals surface area contributed by atoms with Gasteiger partial charge in [-0.25, -0.2) is 4.98 Å². The maximum absolute atomic E-state index is 4.66. The van der Waals surface area contributed by atoms with E-state index >= 15 is 0 Å². The van der Waals surface area contributed by atoms with Crippen LogP contribution in [0, 0.1) is 0 Å². The van der Waals surface area contributed by atoms with Crippen molar-refractivity contribution < 1.29 is 0 Å². The smallest absolute Gasteiger partial charge is 0.151 e. The zero-order chi connectivity index (χ0) is 12.2. The van der Waals surface area contributed by atoms with E-state index < -0.39 is 0 Å². The van der Waals surface area contributed by atoms with Gasteiger partial charge < -0.3 is 4.90 Å². The molecule has 0 saturated carbocycles. The number of thiazole rings is 1. The monoisotopic (exact) mass is 314 g/mol. The summed E-state index contributed by atoms with van der Waals surface area (Å²) in [6.07, 6.45) is 4.18. The average Bonchev–Trinajstić information content (AvgIpc) is 2.82. The minimum atomic E-state index is 0. The molecule has 0 radical (unpaired) electrons. The van der Waals surface area contributed by atoms with Crippen LogP contribution < -0.4 is 0 Å². The molecular weight excluding hydrogens is 296 g/mol. The van der Waals surface area contributed by atoms with Crippen LogP contribution in [0.3, 0.4) is 0 Å². The molecule has 2 heterocycles. The van der Waals surface area contributed by atoms with Gasteiger partial charge in [-0.05, 0) is 38.1 Å². The molecule has 2 aromatic rings. The van der Waals surface area contributed by atoms with Gasteiger partial charge >= 0.3 is 0 Å². The zero-order valence-corrected chi connectivity index (χ0v) is 13.3. The van der Waals surface area contributed by atoms with Gasteiger partial charge in [0.25, 0.3) is 0 Å². The van der Waals surface area contributed by atoms with Crippen molar-refractivity contribution in [3.8, 4) is 0 Å². The molecule has 1 saturated heterocycles. The lowest BCUT2D eigenvalue weighted by Gasteiger charge is -2.25. The van der Waals surface area contributed by atoms with Crippen molar-refractivity contribution in [3.05, 3.63) is 24.3 Å². The molecule has 0 bridgehead atoms. The fraction of sp³-hybridized carbons (Fsp3) is 0.500. The van der Waals surface area contributed by atoms with Crippen molar-refractivity contribution in [1.29, 1.82) is 0 Å². The van der Waals surface area contributed by atoms with Crippen molar-refractivity contribution in [3.63, 3.8) is 0 Å². The van der Waals surface area contributed by atoms with Gasteiger partial charge in [0.05, 0.1) is 10.2 Å². The van der Waals surface area contributed by atoms with Gasteiger partial charge in [-0.3, -0.25) is 0 Å². The third-order valence-electron chi connectivity index (χ3n) is 3.36. The number of likely N-dealkylation sites (tertiary alicyclic amines) is 1. The van der Waals surface area contributed by atoms with Crippen molar-refractivity contribution in [1.82, 2.24) is 9.88 Å². The van der Waals surface area contributed by atoms with Gasteiger partial charge in [0.1, 0.15) is 0 Å². The molecule has 0 N–H and O–H groups in total. The van der Waals surface area contributed by atoms with Gasteiger partial charge in [-0.1, -0.05) is 30.3 Å². The number of rotatable bonds is 4. The molecule has 0 atom stereocenters. The Bertz CT molecular complexity index is 476. The predicted molar refractivity (Wildman–Crippen MR) is 87.9 cm³/mol. The molecule has 0 aliphatic carbocycles. The molecule has 1 aromatic carbocycles. The van der Waals surface area contributed by atoms with Gasteiger partial charge in [-0.2, -0.15) is 0 Å². The first-order valence-corrected chi connectivity index (χ1v) is 8.43. The second-order valence-corrected chi connectivity index (χ2v) is 7.07. The number of halogens is 1. The standard InChI is InChI=1S/C14H18N2S2.ClH/c1-4-8-16(9-5-1)10-11-17-14-15-12-6-2-3-7-13(12)18-14;/h2-3,6-7H,1,4-5,8-11H2;1H. The summed E-state index contributed by atoms with van der Waals surface area (Å²) >= 11 is 3.72. The van der Waals surface area contributed by atoms with Crippen LogP contribution in [0.25, 0.3) is 10.2 Å². The molecule has 5 heteroatoms. The topological polar surface area (TPSA) is 16.1 Å². The van der Waals surface area contributed by atoms with E-state index in [1.165, 1.54) is 53.7 Å². The highest BCUT2D eigenvalue weighted by molar-refractivity contribution is 8.01. The summed E-state index contributed by atoms with van der Waals surface area (Å²) < 4.78 is 2.52. The number of benzene rings is 1. The number of aromatic nitrogens is 1. The molecule has 0 spiro atoms. The maximum Gasteiger partial charge on any atom is 0.151 e. The first-order chi connectivity index (χ1) is 8.92. The number of hydrogen-bond acceptors (Lipinski definition) is 4. The largest absolute Gasteiger partial charge is 0.303 e. The Morgan fingerprint density at radius 1 is 1.16 bits per heavy atom. The highest BCUT2D eigenvalue weighted by atomic mass is 35.5. The van der Waals surface area contributed by atoms with Gasteiger partial charge in [0.2, 0.25) is 0 Å². The van der Waals surface area contributed by atoms with Crippen molar-refractivity contribution in [2.45, 2.75) is 23.6 Å². The number of para-hydroxylation sites is 1. The lowest BCUT2D eigenvalue weighted by Crippen LogP contribution is -2.31. The Hall–Kier alpha value is -0.290. The Balaban J connectivity index is 0.00000133. The predicted octanol–water partition coefficient (Wildman–Crippen LogP) is 4.30. The highest BCUT2D eigenvalue weighted by Crippen LogP contribution is 2.29. The van der Waals surface area contributed by atoms with Crippen molar-refractivity contribution >= 4 is 45.7 Å². The molecular formula is C14H19ClN2S2. The van der Waals surface area contributed by atoms with Gasteiger partial charge in [0, 0.05) is 12.3 Å². The summed E-state index contributed by atoms with van der Waals surface area (Å²) in [4.78, 5) is 7.25. The van der Waals surface area contributed by atoms with E-state index in [1.807, 2.05) is 23.1 Å². The van der Waals surface area contributed by atoms with Crippen LogP contribution in [-0.4, -0.2) is 35.3 Å². The van der Waals surface area contributed by atoms with Crippen LogP contribution in [0.15, 0.2) is 28.6 Å². The number of thioether (sulfide) groups is 1. The van der Waals surface area contributed by atoms with Crippen LogP contribution in [0.4, 0.5) is 0 Å². The fourth-order valence-corrected chi connectivity index (χ4v) is 4.50.